The number of nitrogens with one attached hydrogen (secondary N) is 2. The molecule has 0 aliphatic carbocycles. The van der Waals surface area contributed by atoms with E-state index in [9.17, 15) is 22.4 Å². The van der Waals surface area contributed by atoms with Crippen LogP contribution in [0.25, 0.3) is 0 Å². The summed E-state index contributed by atoms with van der Waals surface area (Å²) in [5.74, 6) is -1.74. The van der Waals surface area contributed by atoms with Crippen LogP contribution in [0.4, 0.5) is 10.1 Å². The van der Waals surface area contributed by atoms with Crippen molar-refractivity contribution >= 4 is 27.6 Å². The summed E-state index contributed by atoms with van der Waals surface area (Å²) in [6.45, 7) is 3.39. The molecule has 29 heavy (non-hydrogen) atoms. The Morgan fingerprint density at radius 1 is 1.14 bits per heavy atom. The van der Waals surface area contributed by atoms with Gasteiger partial charge in [0.1, 0.15) is 5.82 Å². The number of ether oxygens (including phenoxy) is 1. The van der Waals surface area contributed by atoms with E-state index in [1.165, 1.54) is 30.3 Å². The predicted octanol–water partition coefficient (Wildman–Crippen LogP) is 3.09. The fourth-order valence-electron chi connectivity index (χ4n) is 2.56. The Hall–Kier alpha value is -2.94. The fourth-order valence-corrected chi connectivity index (χ4v) is 3.66. The Labute approximate surface area is 169 Å². The lowest BCUT2D eigenvalue weighted by atomic mass is 10.2. The van der Waals surface area contributed by atoms with Crippen LogP contribution in [0, 0.1) is 5.82 Å². The van der Waals surface area contributed by atoms with Gasteiger partial charge in [-0.25, -0.2) is 17.6 Å². The molecule has 0 aliphatic rings. The molecule has 2 aromatic carbocycles. The van der Waals surface area contributed by atoms with Crippen molar-refractivity contribution in [2.45, 2.75) is 37.6 Å². The van der Waals surface area contributed by atoms with Gasteiger partial charge in [-0.3, -0.25) is 9.52 Å². The molecular weight excluding hydrogens is 399 g/mol. The summed E-state index contributed by atoms with van der Waals surface area (Å²) < 4.78 is 45.2. The standard InChI is InChI=1S/C20H23FN2O5S/c1-3-5-14(2)22-19(24)13-28-20(25)15-6-4-7-18(12-15)29(26,27)23-17-10-8-16(21)9-11-17/h4,6-12,14,23H,3,5,13H2,1-2H3,(H,22,24). The van der Waals surface area contributed by atoms with E-state index in [0.29, 0.717) is 0 Å². The maximum absolute atomic E-state index is 13.0. The Balaban J connectivity index is 2.03. The van der Waals surface area contributed by atoms with Crippen LogP contribution in [0.5, 0.6) is 0 Å². The molecule has 0 aromatic heterocycles. The number of esters is 1. The van der Waals surface area contributed by atoms with Gasteiger partial charge in [-0.05, 0) is 55.8 Å². The SMILES string of the molecule is CCCC(C)NC(=O)COC(=O)c1cccc(S(=O)(=O)Nc2ccc(F)cc2)c1. The Kier molecular flexibility index (Phi) is 7.72. The van der Waals surface area contributed by atoms with E-state index in [1.807, 2.05) is 13.8 Å². The van der Waals surface area contributed by atoms with Gasteiger partial charge < -0.3 is 10.1 Å². The molecule has 0 heterocycles. The smallest absolute Gasteiger partial charge is 0.338 e. The summed E-state index contributed by atoms with van der Waals surface area (Å²) in [5, 5.41) is 2.71. The average molecular weight is 422 g/mol. The van der Waals surface area contributed by atoms with E-state index in [-0.39, 0.29) is 22.2 Å². The molecule has 2 rings (SSSR count). The number of halogens is 1. The van der Waals surface area contributed by atoms with Crippen molar-refractivity contribution in [2.75, 3.05) is 11.3 Å². The van der Waals surface area contributed by atoms with Crippen molar-refractivity contribution in [3.05, 3.63) is 59.9 Å². The van der Waals surface area contributed by atoms with Crippen LogP contribution in [0.1, 0.15) is 37.0 Å². The molecule has 156 valence electrons. The average Bonchev–Trinajstić information content (AvgIpc) is 2.68. The van der Waals surface area contributed by atoms with Gasteiger partial charge in [0.15, 0.2) is 6.61 Å². The van der Waals surface area contributed by atoms with E-state index in [2.05, 4.69) is 10.0 Å². The van der Waals surface area contributed by atoms with Crippen molar-refractivity contribution in [1.29, 1.82) is 0 Å². The summed E-state index contributed by atoms with van der Waals surface area (Å²) in [6, 6.07) is 10.0. The van der Waals surface area contributed by atoms with Gasteiger partial charge in [0, 0.05) is 11.7 Å². The van der Waals surface area contributed by atoms with Crippen molar-refractivity contribution in [3.8, 4) is 0 Å². The zero-order valence-electron chi connectivity index (χ0n) is 16.1. The number of rotatable bonds is 9. The highest BCUT2D eigenvalue weighted by Gasteiger charge is 2.18. The molecule has 0 bridgehead atoms. The molecular formula is C20H23FN2O5S. The topological polar surface area (TPSA) is 102 Å². The van der Waals surface area contributed by atoms with E-state index >= 15 is 0 Å². The molecule has 7 nitrogen and oxygen atoms in total. The lowest BCUT2D eigenvalue weighted by molar-refractivity contribution is -0.124. The minimum atomic E-state index is -4.00. The number of hydrogen-bond acceptors (Lipinski definition) is 5. The molecule has 0 radical (unpaired) electrons. The van der Waals surface area contributed by atoms with Crippen LogP contribution in [0.3, 0.4) is 0 Å². The number of sulfonamides is 1. The molecule has 0 spiro atoms. The third kappa shape index (κ3) is 6.86. The highest BCUT2D eigenvalue weighted by molar-refractivity contribution is 7.92. The molecule has 0 fully saturated rings. The number of carbonyl (C=O) groups is 2. The number of amides is 1. The highest BCUT2D eigenvalue weighted by Crippen LogP contribution is 2.18. The van der Waals surface area contributed by atoms with Crippen molar-refractivity contribution in [2.24, 2.45) is 0 Å². The lowest BCUT2D eigenvalue weighted by Crippen LogP contribution is -2.35. The first kappa shape index (κ1) is 22.4. The second-order valence-electron chi connectivity index (χ2n) is 6.47. The van der Waals surface area contributed by atoms with Gasteiger partial charge in [0.2, 0.25) is 0 Å². The van der Waals surface area contributed by atoms with Crippen LogP contribution in [0.15, 0.2) is 53.4 Å². The lowest BCUT2D eigenvalue weighted by Gasteiger charge is -2.13. The van der Waals surface area contributed by atoms with Gasteiger partial charge in [-0.2, -0.15) is 0 Å². The van der Waals surface area contributed by atoms with E-state index in [4.69, 9.17) is 4.74 Å². The zero-order valence-corrected chi connectivity index (χ0v) is 17.0. The van der Waals surface area contributed by atoms with Crippen LogP contribution in [0.2, 0.25) is 0 Å². The van der Waals surface area contributed by atoms with Crippen LogP contribution in [-0.4, -0.2) is 32.9 Å². The highest BCUT2D eigenvalue weighted by atomic mass is 32.2. The molecule has 1 unspecified atom stereocenters. The molecule has 0 aliphatic heterocycles. The molecule has 0 saturated carbocycles. The second-order valence-corrected chi connectivity index (χ2v) is 8.16. The monoisotopic (exact) mass is 422 g/mol. The number of anilines is 1. The van der Waals surface area contributed by atoms with Crippen molar-refractivity contribution in [1.82, 2.24) is 5.32 Å². The number of carbonyl (C=O) groups excluding carboxylic acids is 2. The first-order chi connectivity index (χ1) is 13.7. The summed E-state index contributed by atoms with van der Waals surface area (Å²) in [4.78, 5) is 23.8. The Morgan fingerprint density at radius 3 is 2.48 bits per heavy atom. The normalized spacial score (nSPS) is 12.1. The van der Waals surface area contributed by atoms with Gasteiger partial charge in [0.25, 0.3) is 15.9 Å². The number of hydrogen-bond donors (Lipinski definition) is 2. The third-order valence-electron chi connectivity index (χ3n) is 3.94. The largest absolute Gasteiger partial charge is 0.452 e. The first-order valence-electron chi connectivity index (χ1n) is 9.06. The molecule has 1 atom stereocenters. The maximum Gasteiger partial charge on any atom is 0.338 e. The summed E-state index contributed by atoms with van der Waals surface area (Å²) in [7, 11) is -4.00. The second kappa shape index (κ2) is 10.0. The van der Waals surface area contributed by atoms with Crippen molar-refractivity contribution in [3.63, 3.8) is 0 Å². The van der Waals surface area contributed by atoms with Gasteiger partial charge in [-0.15, -0.1) is 0 Å². The Bertz CT molecular complexity index is 961. The predicted molar refractivity (Wildman–Crippen MR) is 106 cm³/mol. The van der Waals surface area contributed by atoms with Gasteiger partial charge in [-0.1, -0.05) is 19.4 Å². The molecule has 0 saturated heterocycles. The molecule has 2 N–H and O–H groups in total. The molecule has 9 heteroatoms. The third-order valence-corrected chi connectivity index (χ3v) is 5.32. The summed E-state index contributed by atoms with van der Waals surface area (Å²) >= 11 is 0. The maximum atomic E-state index is 13.0. The molecule has 2 aromatic rings. The van der Waals surface area contributed by atoms with Gasteiger partial charge in [0.05, 0.1) is 10.5 Å². The quantitative estimate of drug-likeness (QED) is 0.605. The summed E-state index contributed by atoms with van der Waals surface area (Å²) in [5.41, 5.74) is 0.165. The Morgan fingerprint density at radius 2 is 1.83 bits per heavy atom. The minimum Gasteiger partial charge on any atom is -0.452 e. The van der Waals surface area contributed by atoms with Crippen LogP contribution >= 0.6 is 0 Å². The molecule has 1 amide bonds. The first-order valence-corrected chi connectivity index (χ1v) is 10.5. The summed E-state index contributed by atoms with van der Waals surface area (Å²) in [6.07, 6.45) is 1.72. The van der Waals surface area contributed by atoms with E-state index in [1.54, 1.807) is 0 Å². The van der Waals surface area contributed by atoms with E-state index in [0.717, 1.165) is 31.0 Å². The van der Waals surface area contributed by atoms with Crippen LogP contribution in [-0.2, 0) is 19.6 Å². The van der Waals surface area contributed by atoms with Gasteiger partial charge >= 0.3 is 5.97 Å². The zero-order chi connectivity index (χ0) is 21.4. The minimum absolute atomic E-state index is 0.0126. The fraction of sp³-hybridized carbons (Fsp3) is 0.300. The van der Waals surface area contributed by atoms with Crippen molar-refractivity contribution < 1.29 is 27.1 Å². The van der Waals surface area contributed by atoms with E-state index < -0.39 is 34.3 Å². The van der Waals surface area contributed by atoms with Crippen LogP contribution < -0.4 is 10.0 Å². The number of benzene rings is 2.